The summed E-state index contributed by atoms with van der Waals surface area (Å²) in [6.45, 7) is 8.81. The molecule has 2 aromatic rings. The van der Waals surface area contributed by atoms with Crippen LogP contribution in [0.4, 0.5) is 0 Å². The van der Waals surface area contributed by atoms with Crippen LogP contribution in [0.25, 0.3) is 11.1 Å². The predicted octanol–water partition coefficient (Wildman–Crippen LogP) is 5.68. The Hall–Kier alpha value is -1.56. The zero-order valence-corrected chi connectivity index (χ0v) is 13.2. The van der Waals surface area contributed by atoms with Gasteiger partial charge in [-0.15, -0.1) is 0 Å². The molecular weight excluding hydrogens is 240 g/mol. The van der Waals surface area contributed by atoms with Crippen molar-refractivity contribution in [3.63, 3.8) is 0 Å². The maximum absolute atomic E-state index is 3.56. The van der Waals surface area contributed by atoms with Gasteiger partial charge in [0.05, 0.1) is 0 Å². The number of aryl methyl sites for hydroxylation is 4. The highest BCUT2D eigenvalue weighted by molar-refractivity contribution is 5.72. The summed E-state index contributed by atoms with van der Waals surface area (Å²) >= 11 is 0. The Morgan fingerprint density at radius 1 is 0.900 bits per heavy atom. The Bertz CT molecular complexity index is 534. The smallest absolute Gasteiger partial charge is 0.00668 e. The number of hydrogen-bond donors (Lipinski definition) is 0. The Morgan fingerprint density at radius 3 is 2.00 bits per heavy atom. The number of hydrogen-bond acceptors (Lipinski definition) is 0. The second kappa shape index (κ2) is 6.74. The highest BCUT2D eigenvalue weighted by Gasteiger charge is 2.11. The van der Waals surface area contributed by atoms with Gasteiger partial charge >= 0.3 is 0 Å². The predicted molar refractivity (Wildman–Crippen MR) is 88.2 cm³/mol. The van der Waals surface area contributed by atoms with Gasteiger partial charge in [0, 0.05) is 0 Å². The molecule has 0 N–H and O–H groups in total. The second-order valence-electron chi connectivity index (χ2n) is 5.71. The topological polar surface area (TPSA) is 0 Å². The molecule has 2 rings (SSSR count). The largest absolute Gasteiger partial charge is 0.0651 e. The minimum Gasteiger partial charge on any atom is -0.0651 e. The molecular formula is C20H25. The Labute approximate surface area is 123 Å². The molecule has 1 radical (unpaired) electrons. The SMILES string of the molecule is CCCc1cccc(CCC)c1-c1[c]c(C)cc(C)c1. The number of benzene rings is 2. The molecule has 0 aromatic heterocycles. The normalized spacial score (nSPS) is 10.8. The van der Waals surface area contributed by atoms with Gasteiger partial charge < -0.3 is 0 Å². The third-order valence-electron chi connectivity index (χ3n) is 3.69. The van der Waals surface area contributed by atoms with Crippen molar-refractivity contribution in [3.05, 3.63) is 58.7 Å². The average Bonchev–Trinajstić information content (AvgIpc) is 2.38. The van der Waals surface area contributed by atoms with E-state index in [1.165, 1.54) is 46.2 Å². The summed E-state index contributed by atoms with van der Waals surface area (Å²) in [5.41, 5.74) is 8.20. The zero-order chi connectivity index (χ0) is 14.5. The van der Waals surface area contributed by atoms with Gasteiger partial charge in [-0.05, 0) is 60.6 Å². The molecule has 0 bridgehead atoms. The first kappa shape index (κ1) is 14.8. The van der Waals surface area contributed by atoms with Gasteiger partial charge in [0.15, 0.2) is 0 Å². The minimum atomic E-state index is 1.15. The van der Waals surface area contributed by atoms with Crippen molar-refractivity contribution in [2.45, 2.75) is 53.4 Å². The maximum Gasteiger partial charge on any atom is -0.00668 e. The van der Waals surface area contributed by atoms with Crippen molar-refractivity contribution < 1.29 is 0 Å². The lowest BCUT2D eigenvalue weighted by molar-refractivity contribution is 0.898. The summed E-state index contributed by atoms with van der Waals surface area (Å²) in [4.78, 5) is 0. The highest BCUT2D eigenvalue weighted by Crippen LogP contribution is 2.30. The van der Waals surface area contributed by atoms with Crippen LogP contribution in [0, 0.1) is 19.9 Å². The van der Waals surface area contributed by atoms with E-state index in [4.69, 9.17) is 0 Å². The Balaban J connectivity index is 2.61. The van der Waals surface area contributed by atoms with Gasteiger partial charge in [-0.2, -0.15) is 0 Å². The van der Waals surface area contributed by atoms with Crippen molar-refractivity contribution in [3.8, 4) is 11.1 Å². The maximum atomic E-state index is 3.56. The van der Waals surface area contributed by atoms with Crippen LogP contribution in [0.5, 0.6) is 0 Å². The van der Waals surface area contributed by atoms with Crippen LogP contribution in [0.2, 0.25) is 0 Å². The van der Waals surface area contributed by atoms with Gasteiger partial charge in [0.1, 0.15) is 0 Å². The van der Waals surface area contributed by atoms with Gasteiger partial charge in [-0.25, -0.2) is 0 Å². The Kier molecular flexibility index (Phi) is 5.00. The molecule has 0 heterocycles. The van der Waals surface area contributed by atoms with Crippen LogP contribution in [0.1, 0.15) is 48.9 Å². The first-order chi connectivity index (χ1) is 9.65. The van der Waals surface area contributed by atoms with Crippen molar-refractivity contribution >= 4 is 0 Å². The minimum absolute atomic E-state index is 1.15. The van der Waals surface area contributed by atoms with Gasteiger partial charge in [-0.3, -0.25) is 0 Å². The van der Waals surface area contributed by atoms with E-state index < -0.39 is 0 Å². The molecule has 0 atom stereocenters. The summed E-state index contributed by atoms with van der Waals surface area (Å²) in [5, 5.41) is 0. The summed E-state index contributed by atoms with van der Waals surface area (Å²) in [6.07, 6.45) is 4.67. The first-order valence-corrected chi connectivity index (χ1v) is 7.77. The fourth-order valence-electron chi connectivity index (χ4n) is 2.98. The Morgan fingerprint density at radius 2 is 1.50 bits per heavy atom. The quantitative estimate of drug-likeness (QED) is 0.653. The monoisotopic (exact) mass is 265 g/mol. The third kappa shape index (κ3) is 3.30. The third-order valence-corrected chi connectivity index (χ3v) is 3.69. The summed E-state index contributed by atoms with van der Waals surface area (Å²) in [7, 11) is 0. The second-order valence-corrected chi connectivity index (χ2v) is 5.71. The van der Waals surface area contributed by atoms with Crippen LogP contribution in [0.15, 0.2) is 30.3 Å². The van der Waals surface area contributed by atoms with E-state index in [9.17, 15) is 0 Å². The zero-order valence-electron chi connectivity index (χ0n) is 13.2. The van der Waals surface area contributed by atoms with E-state index in [0.29, 0.717) is 0 Å². The number of rotatable bonds is 5. The molecule has 20 heavy (non-hydrogen) atoms. The lowest BCUT2D eigenvalue weighted by Gasteiger charge is -2.15. The molecule has 0 spiro atoms. The molecule has 0 aliphatic carbocycles. The average molecular weight is 265 g/mol. The lowest BCUT2D eigenvalue weighted by Crippen LogP contribution is -1.97. The van der Waals surface area contributed by atoms with Crippen LogP contribution in [0.3, 0.4) is 0 Å². The van der Waals surface area contributed by atoms with Crippen molar-refractivity contribution in [2.24, 2.45) is 0 Å². The molecule has 0 amide bonds. The highest BCUT2D eigenvalue weighted by atomic mass is 14.1. The molecule has 2 aromatic carbocycles. The molecule has 0 nitrogen and oxygen atoms in total. The standard InChI is InChI=1S/C20H25/c1-5-8-17-10-7-11-18(9-6-2)20(17)19-13-15(3)12-16(4)14-19/h7,10-13H,5-6,8-9H2,1-4H3. The molecule has 0 unspecified atom stereocenters. The van der Waals surface area contributed by atoms with Crippen LogP contribution < -0.4 is 0 Å². The lowest BCUT2D eigenvalue weighted by atomic mass is 9.89. The van der Waals surface area contributed by atoms with E-state index in [-0.39, 0.29) is 0 Å². The summed E-state index contributed by atoms with van der Waals surface area (Å²) in [5.74, 6) is 0. The fourth-order valence-corrected chi connectivity index (χ4v) is 2.98. The summed E-state index contributed by atoms with van der Waals surface area (Å²) < 4.78 is 0. The van der Waals surface area contributed by atoms with Crippen molar-refractivity contribution in [1.82, 2.24) is 0 Å². The van der Waals surface area contributed by atoms with Crippen molar-refractivity contribution in [2.75, 3.05) is 0 Å². The molecule has 0 saturated heterocycles. The van der Waals surface area contributed by atoms with E-state index in [1.54, 1.807) is 0 Å². The fraction of sp³-hybridized carbons (Fsp3) is 0.400. The molecule has 0 fully saturated rings. The van der Waals surface area contributed by atoms with Gasteiger partial charge in [0.2, 0.25) is 0 Å². The van der Waals surface area contributed by atoms with Gasteiger partial charge in [-0.1, -0.05) is 62.6 Å². The van der Waals surface area contributed by atoms with E-state index in [2.05, 4.69) is 64.1 Å². The molecule has 0 heteroatoms. The van der Waals surface area contributed by atoms with Crippen LogP contribution >= 0.6 is 0 Å². The van der Waals surface area contributed by atoms with E-state index in [0.717, 1.165) is 12.8 Å². The van der Waals surface area contributed by atoms with Crippen LogP contribution in [-0.2, 0) is 12.8 Å². The molecule has 0 aliphatic heterocycles. The van der Waals surface area contributed by atoms with Crippen LogP contribution in [-0.4, -0.2) is 0 Å². The molecule has 0 aliphatic rings. The van der Waals surface area contributed by atoms with Crippen molar-refractivity contribution in [1.29, 1.82) is 0 Å². The van der Waals surface area contributed by atoms with Gasteiger partial charge in [0.25, 0.3) is 0 Å². The molecule has 0 saturated carbocycles. The van der Waals surface area contributed by atoms with E-state index >= 15 is 0 Å². The molecule has 105 valence electrons. The first-order valence-electron chi connectivity index (χ1n) is 7.77. The summed E-state index contributed by atoms with van der Waals surface area (Å²) in [6, 6.07) is 14.8. The van der Waals surface area contributed by atoms with E-state index in [1.807, 2.05) is 0 Å².